The molecule has 3 aromatic rings. The molecular formula is C24H25N7O5. The number of benzene rings is 2. The molecule has 2 aromatic carbocycles. The molecule has 12 heteroatoms. The molecule has 1 fully saturated rings. The zero-order valence-electron chi connectivity index (χ0n) is 19.6. The highest BCUT2D eigenvalue weighted by atomic mass is 16.7. The van der Waals surface area contributed by atoms with Gasteiger partial charge >= 0.3 is 5.69 Å². The Labute approximate surface area is 207 Å². The summed E-state index contributed by atoms with van der Waals surface area (Å²) in [5, 5.41) is 17.7. The van der Waals surface area contributed by atoms with Gasteiger partial charge < -0.3 is 25.0 Å². The van der Waals surface area contributed by atoms with Gasteiger partial charge in [-0.05, 0) is 42.0 Å². The number of amides is 1. The topological polar surface area (TPSA) is 135 Å². The first kappa shape index (κ1) is 23.3. The van der Waals surface area contributed by atoms with Crippen LogP contribution in [0.4, 0.5) is 28.7 Å². The minimum atomic E-state index is -0.456. The van der Waals surface area contributed by atoms with E-state index in [0.717, 1.165) is 36.7 Å². The zero-order chi connectivity index (χ0) is 25.1. The number of carbonyl (C=O) groups excluding carboxylic acids is 1. The Morgan fingerprint density at radius 1 is 1.03 bits per heavy atom. The number of carbonyl (C=O) groups is 1. The Hall–Kier alpha value is -4.45. The van der Waals surface area contributed by atoms with E-state index in [9.17, 15) is 14.9 Å². The van der Waals surface area contributed by atoms with Crippen molar-refractivity contribution in [1.82, 2.24) is 14.9 Å². The largest absolute Gasteiger partial charge is 0.454 e. The molecule has 3 heterocycles. The van der Waals surface area contributed by atoms with Gasteiger partial charge in [0.15, 0.2) is 11.5 Å². The van der Waals surface area contributed by atoms with Crippen LogP contribution in [0.3, 0.4) is 0 Å². The van der Waals surface area contributed by atoms with E-state index in [0.29, 0.717) is 24.5 Å². The van der Waals surface area contributed by atoms with E-state index in [1.807, 2.05) is 23.1 Å². The van der Waals surface area contributed by atoms with E-state index in [1.165, 1.54) is 13.3 Å². The number of ether oxygens (including phenoxy) is 2. The maximum absolute atomic E-state index is 12.0. The Bertz CT molecular complexity index is 1280. The van der Waals surface area contributed by atoms with Crippen LogP contribution in [-0.4, -0.2) is 58.7 Å². The number of nitro groups is 1. The highest BCUT2D eigenvalue weighted by Crippen LogP contribution is 2.35. The van der Waals surface area contributed by atoms with Crippen molar-refractivity contribution in [2.75, 3.05) is 48.5 Å². The van der Waals surface area contributed by atoms with Crippen molar-refractivity contribution >= 4 is 34.6 Å². The van der Waals surface area contributed by atoms with E-state index in [2.05, 4.69) is 25.5 Å². The standard InChI is InChI=1S/C24H25N7O5/c1-16(32)27-18-3-5-19(6-4-18)28-23-22(31(33)34)24(26-14-25-23)30-10-8-29(9-11-30)13-17-2-7-20-21(12-17)36-15-35-20/h2-7,12,14H,8-11,13,15H2,1H3,(H,27,32)(H,25,26,28). The number of aromatic nitrogens is 2. The number of piperazine rings is 1. The SMILES string of the molecule is CC(=O)Nc1ccc(Nc2ncnc(N3CCN(Cc4ccc5c(c4)OCO5)CC3)c2[N+](=O)[O-])cc1. The lowest BCUT2D eigenvalue weighted by atomic mass is 10.1. The summed E-state index contributed by atoms with van der Waals surface area (Å²) >= 11 is 0. The van der Waals surface area contributed by atoms with E-state index in [1.54, 1.807) is 24.3 Å². The fraction of sp³-hybridized carbons (Fsp3) is 0.292. The van der Waals surface area contributed by atoms with Gasteiger partial charge in [0.25, 0.3) is 0 Å². The summed E-state index contributed by atoms with van der Waals surface area (Å²) in [5.41, 5.74) is 2.18. The van der Waals surface area contributed by atoms with Crippen LogP contribution < -0.4 is 25.0 Å². The second-order valence-corrected chi connectivity index (χ2v) is 8.49. The fourth-order valence-electron chi connectivity index (χ4n) is 4.25. The molecule has 2 aliphatic heterocycles. The molecule has 12 nitrogen and oxygen atoms in total. The smallest absolute Gasteiger partial charge is 0.353 e. The average Bonchev–Trinajstić information content (AvgIpc) is 3.33. The summed E-state index contributed by atoms with van der Waals surface area (Å²) in [7, 11) is 0. The second kappa shape index (κ2) is 10.0. The molecular weight excluding hydrogens is 466 g/mol. The average molecular weight is 492 g/mol. The number of hydrogen-bond acceptors (Lipinski definition) is 10. The molecule has 0 radical (unpaired) electrons. The molecule has 1 aromatic heterocycles. The quantitative estimate of drug-likeness (QED) is 0.375. The molecule has 0 spiro atoms. The first-order chi connectivity index (χ1) is 17.5. The Balaban J connectivity index is 1.27. The van der Waals surface area contributed by atoms with E-state index < -0.39 is 4.92 Å². The van der Waals surface area contributed by atoms with Crippen molar-refractivity contribution in [3.63, 3.8) is 0 Å². The van der Waals surface area contributed by atoms with Gasteiger partial charge in [0.1, 0.15) is 6.33 Å². The summed E-state index contributed by atoms with van der Waals surface area (Å²) in [5.74, 6) is 1.73. The summed E-state index contributed by atoms with van der Waals surface area (Å²) in [6.45, 7) is 5.05. The van der Waals surface area contributed by atoms with Crippen LogP contribution in [0.2, 0.25) is 0 Å². The molecule has 1 amide bonds. The number of anilines is 4. The fourth-order valence-corrected chi connectivity index (χ4v) is 4.25. The van der Waals surface area contributed by atoms with Crippen LogP contribution >= 0.6 is 0 Å². The number of hydrogen-bond donors (Lipinski definition) is 2. The lowest BCUT2D eigenvalue weighted by Gasteiger charge is -2.35. The van der Waals surface area contributed by atoms with Crippen LogP contribution in [0.1, 0.15) is 12.5 Å². The third kappa shape index (κ3) is 5.13. The monoisotopic (exact) mass is 491 g/mol. The zero-order valence-corrected chi connectivity index (χ0v) is 19.6. The van der Waals surface area contributed by atoms with Gasteiger partial charge in [-0.25, -0.2) is 9.97 Å². The van der Waals surface area contributed by atoms with Crippen LogP contribution in [0.25, 0.3) is 0 Å². The molecule has 36 heavy (non-hydrogen) atoms. The van der Waals surface area contributed by atoms with E-state index in [-0.39, 0.29) is 30.0 Å². The number of nitrogens with one attached hydrogen (secondary N) is 2. The normalized spacial score (nSPS) is 15.0. The molecule has 0 atom stereocenters. The number of rotatable bonds is 7. The van der Waals surface area contributed by atoms with Gasteiger partial charge in [-0.15, -0.1) is 0 Å². The van der Waals surface area contributed by atoms with Crippen LogP contribution in [0, 0.1) is 10.1 Å². The molecule has 1 saturated heterocycles. The van der Waals surface area contributed by atoms with E-state index >= 15 is 0 Å². The highest BCUT2D eigenvalue weighted by Gasteiger charge is 2.29. The van der Waals surface area contributed by atoms with Gasteiger partial charge in [0.05, 0.1) is 4.92 Å². The third-order valence-electron chi connectivity index (χ3n) is 5.97. The third-order valence-corrected chi connectivity index (χ3v) is 5.97. The van der Waals surface area contributed by atoms with Gasteiger partial charge in [0, 0.05) is 51.0 Å². The maximum Gasteiger partial charge on any atom is 0.353 e. The minimum absolute atomic E-state index is 0.111. The molecule has 2 aliphatic rings. The Morgan fingerprint density at radius 2 is 1.75 bits per heavy atom. The van der Waals surface area contributed by atoms with E-state index in [4.69, 9.17) is 9.47 Å². The van der Waals surface area contributed by atoms with Crippen molar-refractivity contribution in [3.8, 4) is 11.5 Å². The Kier molecular flexibility index (Phi) is 6.50. The van der Waals surface area contributed by atoms with Crippen LogP contribution in [0.15, 0.2) is 48.8 Å². The van der Waals surface area contributed by atoms with Crippen LogP contribution in [-0.2, 0) is 11.3 Å². The maximum atomic E-state index is 12.0. The number of nitrogens with zero attached hydrogens (tertiary/aromatic N) is 5. The molecule has 0 unspecified atom stereocenters. The van der Waals surface area contributed by atoms with Gasteiger partial charge in [-0.2, -0.15) is 0 Å². The van der Waals surface area contributed by atoms with Gasteiger partial charge in [-0.1, -0.05) is 6.07 Å². The second-order valence-electron chi connectivity index (χ2n) is 8.49. The molecule has 0 saturated carbocycles. The Morgan fingerprint density at radius 3 is 2.47 bits per heavy atom. The summed E-state index contributed by atoms with van der Waals surface area (Å²) < 4.78 is 10.8. The molecule has 0 bridgehead atoms. The minimum Gasteiger partial charge on any atom is -0.454 e. The lowest BCUT2D eigenvalue weighted by molar-refractivity contribution is -0.383. The predicted octanol–water partition coefficient (Wildman–Crippen LogP) is 3.14. The van der Waals surface area contributed by atoms with Gasteiger partial charge in [0.2, 0.25) is 24.3 Å². The lowest BCUT2D eigenvalue weighted by Crippen LogP contribution is -2.46. The predicted molar refractivity (Wildman–Crippen MR) is 133 cm³/mol. The van der Waals surface area contributed by atoms with Gasteiger partial charge in [-0.3, -0.25) is 19.8 Å². The molecule has 186 valence electrons. The van der Waals surface area contributed by atoms with Crippen molar-refractivity contribution in [2.45, 2.75) is 13.5 Å². The molecule has 0 aliphatic carbocycles. The summed E-state index contributed by atoms with van der Waals surface area (Å²) in [6, 6.07) is 12.8. The summed E-state index contributed by atoms with van der Waals surface area (Å²) in [6.07, 6.45) is 1.33. The van der Waals surface area contributed by atoms with Crippen molar-refractivity contribution in [1.29, 1.82) is 0 Å². The first-order valence-corrected chi connectivity index (χ1v) is 11.5. The highest BCUT2D eigenvalue weighted by molar-refractivity contribution is 5.89. The molecule has 5 rings (SSSR count). The van der Waals surface area contributed by atoms with Crippen molar-refractivity contribution in [2.24, 2.45) is 0 Å². The first-order valence-electron chi connectivity index (χ1n) is 11.5. The summed E-state index contributed by atoms with van der Waals surface area (Å²) in [4.78, 5) is 35.4. The van der Waals surface area contributed by atoms with Crippen molar-refractivity contribution < 1.29 is 19.2 Å². The molecule has 2 N–H and O–H groups in total. The van der Waals surface area contributed by atoms with Crippen molar-refractivity contribution in [3.05, 3.63) is 64.5 Å². The van der Waals surface area contributed by atoms with Crippen LogP contribution in [0.5, 0.6) is 11.5 Å². The number of fused-ring (bicyclic) bond motifs is 1.